The third kappa shape index (κ3) is 4.06. The van der Waals surface area contributed by atoms with Crippen molar-refractivity contribution >= 4 is 12.2 Å². The largest absolute Gasteiger partial charge is 0.206 e. The molecule has 0 heterocycles. The van der Waals surface area contributed by atoms with E-state index in [0.717, 1.165) is 16.7 Å². The second-order valence-corrected chi connectivity index (χ2v) is 7.13. The average molecular weight is 400 g/mol. The zero-order valence-corrected chi connectivity index (χ0v) is 16.4. The van der Waals surface area contributed by atoms with Crippen molar-refractivity contribution in [1.29, 1.82) is 0 Å². The van der Waals surface area contributed by atoms with Gasteiger partial charge in [0.25, 0.3) is 0 Å². The highest BCUT2D eigenvalue weighted by atomic mass is 19.2. The standard InChI is InChI=1S/C27H19F3/c1-18-7-15-23(25(28)17-18)21-11-8-19(9-12-21)10-13-22-14-16-24(27(30)26(22)29)20-5-3-2-4-6-20/h2-17H,1H3/b13-10+. The van der Waals surface area contributed by atoms with Crippen LogP contribution in [-0.2, 0) is 0 Å². The Morgan fingerprint density at radius 1 is 0.600 bits per heavy atom. The molecule has 0 radical (unpaired) electrons. The summed E-state index contributed by atoms with van der Waals surface area (Å²) in [7, 11) is 0. The summed E-state index contributed by atoms with van der Waals surface area (Å²) in [4.78, 5) is 0. The first-order chi connectivity index (χ1) is 14.5. The summed E-state index contributed by atoms with van der Waals surface area (Å²) >= 11 is 0. The van der Waals surface area contributed by atoms with E-state index in [4.69, 9.17) is 0 Å². The highest BCUT2D eigenvalue weighted by Crippen LogP contribution is 2.28. The van der Waals surface area contributed by atoms with E-state index in [2.05, 4.69) is 0 Å². The average Bonchev–Trinajstić information content (AvgIpc) is 2.76. The molecule has 3 heteroatoms. The van der Waals surface area contributed by atoms with Crippen molar-refractivity contribution in [1.82, 2.24) is 0 Å². The van der Waals surface area contributed by atoms with Gasteiger partial charge in [0.05, 0.1) is 0 Å². The molecule has 4 rings (SSSR count). The smallest absolute Gasteiger partial charge is 0.167 e. The van der Waals surface area contributed by atoms with E-state index in [9.17, 15) is 13.2 Å². The molecular formula is C27H19F3. The van der Waals surface area contributed by atoms with Crippen molar-refractivity contribution in [3.05, 3.63) is 119 Å². The molecule has 4 aromatic rings. The molecule has 148 valence electrons. The summed E-state index contributed by atoms with van der Waals surface area (Å²) in [5.74, 6) is -2.02. The minimum atomic E-state index is -0.883. The molecular weight excluding hydrogens is 381 g/mol. The Bertz CT molecular complexity index is 1210. The van der Waals surface area contributed by atoms with Crippen LogP contribution in [0.25, 0.3) is 34.4 Å². The minimum absolute atomic E-state index is 0.167. The van der Waals surface area contributed by atoms with E-state index >= 15 is 0 Å². The first kappa shape index (κ1) is 19.7. The van der Waals surface area contributed by atoms with E-state index in [-0.39, 0.29) is 16.9 Å². The van der Waals surface area contributed by atoms with Gasteiger partial charge in [-0.25, -0.2) is 13.2 Å². The number of rotatable bonds is 4. The predicted molar refractivity (Wildman–Crippen MR) is 117 cm³/mol. The van der Waals surface area contributed by atoms with E-state index < -0.39 is 11.6 Å². The Morgan fingerprint density at radius 2 is 1.27 bits per heavy atom. The van der Waals surface area contributed by atoms with Crippen molar-refractivity contribution in [2.75, 3.05) is 0 Å². The van der Waals surface area contributed by atoms with Gasteiger partial charge in [-0.05, 0) is 35.2 Å². The molecule has 0 unspecified atom stereocenters. The lowest BCUT2D eigenvalue weighted by atomic mass is 10.0. The second kappa shape index (κ2) is 8.42. The van der Waals surface area contributed by atoms with Crippen molar-refractivity contribution in [3.8, 4) is 22.3 Å². The Balaban J connectivity index is 1.57. The normalized spacial score (nSPS) is 11.2. The van der Waals surface area contributed by atoms with Crippen LogP contribution in [0.3, 0.4) is 0 Å². The van der Waals surface area contributed by atoms with Gasteiger partial charge in [-0.1, -0.05) is 91.0 Å². The second-order valence-electron chi connectivity index (χ2n) is 7.13. The lowest BCUT2D eigenvalue weighted by Crippen LogP contribution is -1.93. The summed E-state index contributed by atoms with van der Waals surface area (Å²) in [5.41, 5.74) is 3.98. The number of aryl methyl sites for hydroxylation is 1. The van der Waals surface area contributed by atoms with Crippen molar-refractivity contribution in [2.45, 2.75) is 6.92 Å². The molecule has 0 amide bonds. The van der Waals surface area contributed by atoms with Crippen LogP contribution in [0.2, 0.25) is 0 Å². The van der Waals surface area contributed by atoms with Gasteiger partial charge in [0.2, 0.25) is 0 Å². The van der Waals surface area contributed by atoms with Gasteiger partial charge in [0, 0.05) is 16.7 Å². The SMILES string of the molecule is Cc1ccc(-c2ccc(/C=C/c3ccc(-c4ccccc4)c(F)c3F)cc2)c(F)c1. The van der Waals surface area contributed by atoms with Crippen LogP contribution in [0, 0.1) is 24.4 Å². The van der Waals surface area contributed by atoms with Gasteiger partial charge in [-0.15, -0.1) is 0 Å². The molecule has 0 bridgehead atoms. The minimum Gasteiger partial charge on any atom is -0.206 e. The number of hydrogen-bond donors (Lipinski definition) is 0. The maximum atomic E-state index is 14.5. The van der Waals surface area contributed by atoms with Crippen LogP contribution in [0.15, 0.2) is 84.9 Å². The summed E-state index contributed by atoms with van der Waals surface area (Å²) in [6.45, 7) is 1.84. The molecule has 0 fully saturated rings. The van der Waals surface area contributed by atoms with Gasteiger partial charge in [-0.3, -0.25) is 0 Å². The summed E-state index contributed by atoms with van der Waals surface area (Å²) < 4.78 is 43.2. The molecule has 0 saturated heterocycles. The van der Waals surface area contributed by atoms with Crippen LogP contribution in [0.5, 0.6) is 0 Å². The molecule has 0 spiro atoms. The quantitative estimate of drug-likeness (QED) is 0.305. The number of hydrogen-bond acceptors (Lipinski definition) is 0. The molecule has 0 aliphatic rings. The molecule has 0 aliphatic carbocycles. The third-order valence-corrected chi connectivity index (χ3v) is 5.00. The predicted octanol–water partition coefficient (Wildman–Crippen LogP) is 7.92. The van der Waals surface area contributed by atoms with Crippen LogP contribution >= 0.6 is 0 Å². The Hall–Kier alpha value is -3.59. The maximum absolute atomic E-state index is 14.5. The maximum Gasteiger partial charge on any atom is 0.167 e. The fraction of sp³-hybridized carbons (Fsp3) is 0.0370. The number of halogens is 3. The molecule has 0 nitrogen and oxygen atoms in total. The van der Waals surface area contributed by atoms with E-state index in [0.29, 0.717) is 11.1 Å². The molecule has 0 atom stereocenters. The van der Waals surface area contributed by atoms with Gasteiger partial charge in [0.1, 0.15) is 5.82 Å². The fourth-order valence-electron chi connectivity index (χ4n) is 3.35. The monoisotopic (exact) mass is 400 g/mol. The molecule has 4 aromatic carbocycles. The highest BCUT2D eigenvalue weighted by molar-refractivity contribution is 5.74. The molecule has 0 N–H and O–H groups in total. The first-order valence-corrected chi connectivity index (χ1v) is 9.61. The van der Waals surface area contributed by atoms with E-state index in [1.54, 1.807) is 48.5 Å². The Labute approximate surface area is 174 Å². The summed E-state index contributed by atoms with van der Waals surface area (Å²) in [6, 6.07) is 24.4. The molecule has 0 aromatic heterocycles. The fourth-order valence-corrected chi connectivity index (χ4v) is 3.35. The van der Waals surface area contributed by atoms with Crippen LogP contribution in [-0.4, -0.2) is 0 Å². The Kier molecular flexibility index (Phi) is 5.53. The molecule has 0 saturated carbocycles. The lowest BCUT2D eigenvalue weighted by Gasteiger charge is -2.07. The summed E-state index contributed by atoms with van der Waals surface area (Å²) in [5, 5.41) is 0. The third-order valence-electron chi connectivity index (χ3n) is 5.00. The molecule has 30 heavy (non-hydrogen) atoms. The number of benzene rings is 4. The lowest BCUT2D eigenvalue weighted by molar-refractivity contribution is 0.509. The van der Waals surface area contributed by atoms with E-state index in [1.807, 2.05) is 43.3 Å². The van der Waals surface area contributed by atoms with Crippen LogP contribution < -0.4 is 0 Å². The van der Waals surface area contributed by atoms with Gasteiger partial charge < -0.3 is 0 Å². The summed E-state index contributed by atoms with van der Waals surface area (Å²) in [6.07, 6.45) is 3.24. The van der Waals surface area contributed by atoms with Crippen LogP contribution in [0.4, 0.5) is 13.2 Å². The van der Waals surface area contributed by atoms with Gasteiger partial charge in [-0.2, -0.15) is 0 Å². The topological polar surface area (TPSA) is 0 Å². The van der Waals surface area contributed by atoms with Gasteiger partial charge in [0.15, 0.2) is 11.6 Å². The van der Waals surface area contributed by atoms with Crippen molar-refractivity contribution in [3.63, 3.8) is 0 Å². The van der Waals surface area contributed by atoms with Crippen molar-refractivity contribution in [2.24, 2.45) is 0 Å². The van der Waals surface area contributed by atoms with Gasteiger partial charge >= 0.3 is 0 Å². The zero-order chi connectivity index (χ0) is 21.1. The Morgan fingerprint density at radius 3 is 1.97 bits per heavy atom. The van der Waals surface area contributed by atoms with E-state index in [1.165, 1.54) is 12.1 Å². The highest BCUT2D eigenvalue weighted by Gasteiger charge is 2.13. The van der Waals surface area contributed by atoms with Crippen LogP contribution in [0.1, 0.15) is 16.7 Å². The van der Waals surface area contributed by atoms with Crippen molar-refractivity contribution < 1.29 is 13.2 Å². The first-order valence-electron chi connectivity index (χ1n) is 9.61. The zero-order valence-electron chi connectivity index (χ0n) is 16.4. The molecule has 0 aliphatic heterocycles.